The topological polar surface area (TPSA) is 49.4 Å². The van der Waals surface area contributed by atoms with E-state index in [-0.39, 0.29) is 11.8 Å². The van der Waals surface area contributed by atoms with Gasteiger partial charge in [-0.3, -0.25) is 9.88 Å². The van der Waals surface area contributed by atoms with Crippen LogP contribution in [-0.4, -0.2) is 40.5 Å². The standard InChI is InChI=1S/C19H21F3N4OS/c20-19(21,22)27-17-6-3-5-15(12-17)25-18(28)24-14-7-10-26(11-8-14)13-16-4-1-2-9-23-16/h1-6,9,12,14H,7-8,10-11,13H2,(H2,24,25,28). The molecule has 0 aliphatic carbocycles. The molecule has 0 amide bonds. The van der Waals surface area contributed by atoms with E-state index in [1.54, 1.807) is 12.3 Å². The van der Waals surface area contributed by atoms with Gasteiger partial charge in [-0.05, 0) is 49.3 Å². The quantitative estimate of drug-likeness (QED) is 0.729. The first-order valence-electron chi connectivity index (χ1n) is 8.93. The summed E-state index contributed by atoms with van der Waals surface area (Å²) >= 11 is 5.30. The lowest BCUT2D eigenvalue weighted by molar-refractivity contribution is -0.274. The van der Waals surface area contributed by atoms with E-state index in [0.29, 0.717) is 10.8 Å². The van der Waals surface area contributed by atoms with Gasteiger partial charge in [-0.1, -0.05) is 12.1 Å². The Morgan fingerprint density at radius 3 is 2.64 bits per heavy atom. The molecule has 0 bridgehead atoms. The molecule has 0 atom stereocenters. The van der Waals surface area contributed by atoms with Gasteiger partial charge in [-0.25, -0.2) is 0 Å². The summed E-state index contributed by atoms with van der Waals surface area (Å²) in [5.41, 5.74) is 1.49. The predicted octanol–water partition coefficient (Wildman–Crippen LogP) is 3.93. The van der Waals surface area contributed by atoms with Gasteiger partial charge in [0.1, 0.15) is 5.75 Å². The molecule has 1 aromatic heterocycles. The van der Waals surface area contributed by atoms with Crippen LogP contribution >= 0.6 is 12.2 Å². The minimum absolute atomic E-state index is 0.217. The highest BCUT2D eigenvalue weighted by Crippen LogP contribution is 2.25. The molecule has 1 aliphatic heterocycles. The van der Waals surface area contributed by atoms with Crippen LogP contribution in [0.15, 0.2) is 48.7 Å². The number of nitrogens with one attached hydrogen (secondary N) is 2. The maximum Gasteiger partial charge on any atom is 0.573 e. The van der Waals surface area contributed by atoms with Crippen LogP contribution in [0.3, 0.4) is 0 Å². The Labute approximate surface area is 166 Å². The lowest BCUT2D eigenvalue weighted by Crippen LogP contribution is -2.45. The fourth-order valence-electron chi connectivity index (χ4n) is 3.08. The fourth-order valence-corrected chi connectivity index (χ4v) is 3.36. The van der Waals surface area contributed by atoms with Crippen LogP contribution in [-0.2, 0) is 6.54 Å². The summed E-state index contributed by atoms with van der Waals surface area (Å²) in [4.78, 5) is 6.69. The summed E-state index contributed by atoms with van der Waals surface area (Å²) < 4.78 is 40.9. The van der Waals surface area contributed by atoms with Crippen LogP contribution in [0.25, 0.3) is 0 Å². The average Bonchev–Trinajstić information content (AvgIpc) is 2.63. The Balaban J connectivity index is 1.44. The van der Waals surface area contributed by atoms with E-state index in [2.05, 4.69) is 25.3 Å². The Morgan fingerprint density at radius 1 is 1.18 bits per heavy atom. The number of pyridine rings is 1. The number of halogens is 3. The third-order valence-electron chi connectivity index (χ3n) is 4.36. The highest BCUT2D eigenvalue weighted by molar-refractivity contribution is 7.80. The second-order valence-electron chi connectivity index (χ2n) is 6.55. The number of anilines is 1. The second kappa shape index (κ2) is 9.20. The number of aromatic nitrogens is 1. The van der Waals surface area contributed by atoms with Gasteiger partial charge in [-0.15, -0.1) is 13.2 Å². The SMILES string of the molecule is FC(F)(F)Oc1cccc(NC(=S)NC2CCN(Cc3ccccn3)CC2)c1. The fraction of sp³-hybridized carbons (Fsp3) is 0.368. The van der Waals surface area contributed by atoms with Crippen LogP contribution in [0.5, 0.6) is 5.75 Å². The molecule has 2 aromatic rings. The van der Waals surface area contributed by atoms with E-state index in [1.165, 1.54) is 18.2 Å². The third-order valence-corrected chi connectivity index (χ3v) is 4.58. The Bertz CT molecular complexity index is 780. The largest absolute Gasteiger partial charge is 0.573 e. The molecule has 9 heteroatoms. The van der Waals surface area contributed by atoms with Crippen molar-refractivity contribution in [1.82, 2.24) is 15.2 Å². The molecule has 0 radical (unpaired) electrons. The first-order chi connectivity index (χ1) is 13.4. The normalized spacial score (nSPS) is 15.8. The molecule has 1 saturated heterocycles. The molecule has 150 valence electrons. The van der Waals surface area contributed by atoms with Crippen molar-refractivity contribution in [1.29, 1.82) is 0 Å². The van der Waals surface area contributed by atoms with Gasteiger partial charge < -0.3 is 15.4 Å². The number of ether oxygens (including phenoxy) is 1. The molecule has 1 aromatic carbocycles. The summed E-state index contributed by atoms with van der Waals surface area (Å²) in [6, 6.07) is 11.7. The Morgan fingerprint density at radius 2 is 1.96 bits per heavy atom. The summed E-state index contributed by atoms with van der Waals surface area (Å²) in [5, 5.41) is 6.53. The van der Waals surface area contributed by atoms with Gasteiger partial charge in [0, 0.05) is 43.6 Å². The van der Waals surface area contributed by atoms with Crippen molar-refractivity contribution < 1.29 is 17.9 Å². The van der Waals surface area contributed by atoms with Crippen LogP contribution in [0.4, 0.5) is 18.9 Å². The van der Waals surface area contributed by atoms with Crippen molar-refractivity contribution in [2.24, 2.45) is 0 Å². The van der Waals surface area contributed by atoms with Crippen molar-refractivity contribution >= 4 is 23.0 Å². The molecule has 1 fully saturated rings. The Kier molecular flexibility index (Phi) is 6.69. The summed E-state index contributed by atoms with van der Waals surface area (Å²) in [5.74, 6) is -0.289. The Hall–Kier alpha value is -2.39. The average molecular weight is 410 g/mol. The molecule has 2 N–H and O–H groups in total. The molecule has 0 spiro atoms. The van der Waals surface area contributed by atoms with Crippen LogP contribution in [0.1, 0.15) is 18.5 Å². The molecule has 2 heterocycles. The van der Waals surface area contributed by atoms with Crippen LogP contribution in [0.2, 0.25) is 0 Å². The number of thiocarbonyl (C=S) groups is 1. The van der Waals surface area contributed by atoms with Gasteiger partial charge in [0.25, 0.3) is 0 Å². The van der Waals surface area contributed by atoms with E-state index < -0.39 is 6.36 Å². The van der Waals surface area contributed by atoms with Crippen LogP contribution in [0, 0.1) is 0 Å². The van der Waals surface area contributed by atoms with Gasteiger partial charge >= 0.3 is 6.36 Å². The van der Waals surface area contributed by atoms with Crippen molar-refractivity contribution in [3.05, 3.63) is 54.4 Å². The number of piperidine rings is 1. The van der Waals surface area contributed by atoms with Gasteiger partial charge in [0.15, 0.2) is 5.11 Å². The number of nitrogens with zero attached hydrogens (tertiary/aromatic N) is 2. The highest BCUT2D eigenvalue weighted by Gasteiger charge is 2.31. The summed E-state index contributed by atoms with van der Waals surface area (Å²) in [6.07, 6.45) is -1.08. The zero-order chi connectivity index (χ0) is 20.0. The molecule has 5 nitrogen and oxygen atoms in total. The van der Waals surface area contributed by atoms with Gasteiger partial charge in [0.05, 0.1) is 5.69 Å². The number of likely N-dealkylation sites (tertiary alicyclic amines) is 1. The minimum atomic E-state index is -4.72. The predicted molar refractivity (Wildman–Crippen MR) is 105 cm³/mol. The van der Waals surface area contributed by atoms with Crippen molar-refractivity contribution in [3.63, 3.8) is 0 Å². The van der Waals surface area contributed by atoms with Crippen molar-refractivity contribution in [3.8, 4) is 5.75 Å². The maximum absolute atomic E-state index is 12.3. The van der Waals surface area contributed by atoms with Crippen molar-refractivity contribution in [2.75, 3.05) is 18.4 Å². The van der Waals surface area contributed by atoms with Gasteiger partial charge in [-0.2, -0.15) is 0 Å². The first kappa shape index (κ1) is 20.3. The van der Waals surface area contributed by atoms with Crippen molar-refractivity contribution in [2.45, 2.75) is 31.8 Å². The van der Waals surface area contributed by atoms with E-state index >= 15 is 0 Å². The molecule has 1 aliphatic rings. The molecule has 28 heavy (non-hydrogen) atoms. The highest BCUT2D eigenvalue weighted by atomic mass is 32.1. The first-order valence-corrected chi connectivity index (χ1v) is 9.34. The minimum Gasteiger partial charge on any atom is -0.406 e. The molecular weight excluding hydrogens is 389 g/mol. The number of hydrogen-bond donors (Lipinski definition) is 2. The molecule has 0 saturated carbocycles. The zero-order valence-electron chi connectivity index (χ0n) is 15.1. The molecule has 0 unspecified atom stereocenters. The van der Waals surface area contributed by atoms with E-state index in [0.717, 1.165) is 38.2 Å². The van der Waals surface area contributed by atoms with E-state index in [9.17, 15) is 13.2 Å². The molecule has 3 rings (SSSR count). The summed E-state index contributed by atoms with van der Waals surface area (Å²) in [7, 11) is 0. The maximum atomic E-state index is 12.3. The van der Waals surface area contributed by atoms with E-state index in [1.807, 2.05) is 18.2 Å². The van der Waals surface area contributed by atoms with Gasteiger partial charge in [0.2, 0.25) is 0 Å². The van der Waals surface area contributed by atoms with E-state index in [4.69, 9.17) is 12.2 Å². The lowest BCUT2D eigenvalue weighted by atomic mass is 10.1. The molecular formula is C19H21F3N4OS. The number of hydrogen-bond acceptors (Lipinski definition) is 4. The zero-order valence-corrected chi connectivity index (χ0v) is 15.9. The number of benzene rings is 1. The smallest absolute Gasteiger partial charge is 0.406 e. The second-order valence-corrected chi connectivity index (χ2v) is 6.95. The number of alkyl halides is 3. The van der Waals surface area contributed by atoms with Crippen LogP contribution < -0.4 is 15.4 Å². The summed E-state index contributed by atoms with van der Waals surface area (Å²) in [6.45, 7) is 2.67. The lowest BCUT2D eigenvalue weighted by Gasteiger charge is -2.32. The number of rotatable bonds is 5. The third kappa shape index (κ3) is 6.65. The monoisotopic (exact) mass is 410 g/mol.